The van der Waals surface area contributed by atoms with Crippen molar-refractivity contribution in [1.82, 2.24) is 9.55 Å². The normalized spacial score (nSPS) is 11.7. The van der Waals surface area contributed by atoms with E-state index in [-0.39, 0.29) is 15.7 Å². The van der Waals surface area contributed by atoms with Gasteiger partial charge in [-0.25, -0.2) is 13.8 Å². The highest BCUT2D eigenvalue weighted by molar-refractivity contribution is 6.30. The summed E-state index contributed by atoms with van der Waals surface area (Å²) >= 11 is 5.51. The van der Waals surface area contributed by atoms with Crippen molar-refractivity contribution in [3.05, 3.63) is 61.6 Å². The summed E-state index contributed by atoms with van der Waals surface area (Å²) in [5.74, 6) is -1.01. The predicted octanol–water partition coefficient (Wildman–Crippen LogP) is 2.34. The van der Waals surface area contributed by atoms with Crippen LogP contribution in [0.4, 0.5) is 17.6 Å². The molecule has 2 rings (SSSR count). The van der Waals surface area contributed by atoms with Crippen LogP contribution in [0.2, 0.25) is 5.02 Å². The van der Waals surface area contributed by atoms with Crippen LogP contribution >= 0.6 is 11.6 Å². The Hall–Kier alpha value is -2.09. The van der Waals surface area contributed by atoms with Crippen molar-refractivity contribution >= 4 is 11.6 Å². The van der Waals surface area contributed by atoms with E-state index in [9.17, 15) is 27.2 Å². The first-order valence-electron chi connectivity index (χ1n) is 5.09. The van der Waals surface area contributed by atoms with Gasteiger partial charge in [0.25, 0.3) is 5.56 Å². The van der Waals surface area contributed by atoms with Gasteiger partial charge in [0.1, 0.15) is 11.5 Å². The molecule has 20 heavy (non-hydrogen) atoms. The molecule has 1 aromatic carbocycles. The van der Waals surface area contributed by atoms with Gasteiger partial charge in [-0.1, -0.05) is 11.6 Å². The fraction of sp³-hybridized carbons (Fsp3) is 0.0909. The zero-order valence-corrected chi connectivity index (χ0v) is 10.2. The summed E-state index contributed by atoms with van der Waals surface area (Å²) in [6.07, 6.45) is -4.88. The zero-order chi connectivity index (χ0) is 15.1. The van der Waals surface area contributed by atoms with E-state index < -0.39 is 34.6 Å². The third-order valence-electron chi connectivity index (χ3n) is 2.39. The van der Waals surface area contributed by atoms with Crippen LogP contribution < -0.4 is 11.2 Å². The molecule has 0 aliphatic carbocycles. The fourth-order valence-electron chi connectivity index (χ4n) is 1.54. The molecule has 0 saturated heterocycles. The molecule has 0 amide bonds. The Kier molecular flexibility index (Phi) is 3.43. The lowest BCUT2D eigenvalue weighted by Gasteiger charge is -2.09. The fourth-order valence-corrected chi connectivity index (χ4v) is 1.70. The van der Waals surface area contributed by atoms with E-state index in [1.807, 2.05) is 0 Å². The Morgan fingerprint density at radius 1 is 1.15 bits per heavy atom. The molecule has 1 N–H and O–H groups in total. The van der Waals surface area contributed by atoms with Gasteiger partial charge in [0.15, 0.2) is 0 Å². The molecule has 0 radical (unpaired) electrons. The number of aromatic amines is 1. The Morgan fingerprint density at radius 3 is 2.30 bits per heavy atom. The first-order chi connectivity index (χ1) is 9.20. The smallest absolute Gasteiger partial charge is 0.303 e. The number of nitrogens with one attached hydrogen (secondary N) is 1. The van der Waals surface area contributed by atoms with E-state index in [2.05, 4.69) is 0 Å². The molecule has 0 fully saturated rings. The number of nitrogens with zero attached hydrogens (tertiary/aromatic N) is 1. The first kappa shape index (κ1) is 14.3. The van der Waals surface area contributed by atoms with Gasteiger partial charge < -0.3 is 4.98 Å². The maximum absolute atomic E-state index is 13.6. The highest BCUT2D eigenvalue weighted by atomic mass is 35.5. The van der Waals surface area contributed by atoms with Crippen molar-refractivity contribution in [2.75, 3.05) is 0 Å². The second-order valence-corrected chi connectivity index (χ2v) is 4.19. The molecular formula is C11H5ClF4N2O2. The minimum absolute atomic E-state index is 0.0163. The van der Waals surface area contributed by atoms with Crippen LogP contribution in [0.1, 0.15) is 5.69 Å². The summed E-state index contributed by atoms with van der Waals surface area (Å²) in [7, 11) is 0. The zero-order valence-electron chi connectivity index (χ0n) is 9.46. The van der Waals surface area contributed by atoms with Crippen molar-refractivity contribution in [1.29, 1.82) is 0 Å². The number of alkyl halides is 3. The third-order valence-corrected chi connectivity index (χ3v) is 2.62. The van der Waals surface area contributed by atoms with E-state index in [0.717, 1.165) is 12.1 Å². The van der Waals surface area contributed by atoms with Crippen LogP contribution in [-0.4, -0.2) is 9.55 Å². The van der Waals surface area contributed by atoms with Gasteiger partial charge >= 0.3 is 11.9 Å². The van der Waals surface area contributed by atoms with Crippen molar-refractivity contribution in [3.63, 3.8) is 0 Å². The molecule has 2 aromatic rings. The average molecular weight is 309 g/mol. The lowest BCUT2D eigenvalue weighted by Crippen LogP contribution is -2.36. The first-order valence-corrected chi connectivity index (χ1v) is 5.47. The third kappa shape index (κ3) is 2.60. The second kappa shape index (κ2) is 4.78. The molecule has 0 aliphatic rings. The van der Waals surface area contributed by atoms with E-state index in [1.165, 1.54) is 11.1 Å². The maximum atomic E-state index is 13.6. The van der Waals surface area contributed by atoms with Gasteiger partial charge in [-0.05, 0) is 18.2 Å². The maximum Gasteiger partial charge on any atom is 0.431 e. The molecule has 9 heteroatoms. The molecule has 0 unspecified atom stereocenters. The van der Waals surface area contributed by atoms with E-state index in [0.29, 0.717) is 0 Å². The molecule has 4 nitrogen and oxygen atoms in total. The van der Waals surface area contributed by atoms with Gasteiger partial charge in [0.05, 0.1) is 5.69 Å². The molecule has 0 spiro atoms. The summed E-state index contributed by atoms with van der Waals surface area (Å²) in [6.45, 7) is 0. The van der Waals surface area contributed by atoms with Gasteiger partial charge in [0.2, 0.25) is 0 Å². The van der Waals surface area contributed by atoms with Crippen molar-refractivity contribution in [2.24, 2.45) is 0 Å². The Bertz CT molecular complexity index is 748. The van der Waals surface area contributed by atoms with E-state index in [4.69, 9.17) is 11.6 Å². The van der Waals surface area contributed by atoms with Crippen molar-refractivity contribution in [3.8, 4) is 5.69 Å². The number of hydrogen-bond acceptors (Lipinski definition) is 2. The molecule has 1 aromatic heterocycles. The number of aromatic nitrogens is 2. The summed E-state index contributed by atoms with van der Waals surface area (Å²) in [4.78, 5) is 24.6. The summed E-state index contributed by atoms with van der Waals surface area (Å²) in [5, 5.41) is 0.0163. The predicted molar refractivity (Wildman–Crippen MR) is 62.6 cm³/mol. The number of rotatable bonds is 1. The summed E-state index contributed by atoms with van der Waals surface area (Å²) in [5.41, 5.74) is -4.69. The Balaban J connectivity index is 2.71. The molecule has 1 heterocycles. The molecule has 0 atom stereocenters. The van der Waals surface area contributed by atoms with Gasteiger partial charge in [0, 0.05) is 11.1 Å². The lowest BCUT2D eigenvalue weighted by atomic mass is 10.3. The highest BCUT2D eigenvalue weighted by Crippen LogP contribution is 2.25. The minimum atomic E-state index is -4.88. The minimum Gasteiger partial charge on any atom is -0.303 e. The van der Waals surface area contributed by atoms with Crippen LogP contribution in [0.15, 0.2) is 33.9 Å². The van der Waals surface area contributed by atoms with Crippen LogP contribution in [0.5, 0.6) is 0 Å². The largest absolute Gasteiger partial charge is 0.431 e. The van der Waals surface area contributed by atoms with Crippen LogP contribution in [0, 0.1) is 5.82 Å². The van der Waals surface area contributed by atoms with Crippen LogP contribution in [-0.2, 0) is 6.18 Å². The number of halogens is 5. The topological polar surface area (TPSA) is 54.9 Å². The molecule has 0 aliphatic heterocycles. The van der Waals surface area contributed by atoms with Gasteiger partial charge in [-0.15, -0.1) is 0 Å². The van der Waals surface area contributed by atoms with Crippen molar-refractivity contribution < 1.29 is 17.6 Å². The van der Waals surface area contributed by atoms with Gasteiger partial charge in [-0.3, -0.25) is 4.79 Å². The van der Waals surface area contributed by atoms with Crippen LogP contribution in [0.3, 0.4) is 0 Å². The number of H-pyrrole nitrogens is 1. The molecule has 0 saturated carbocycles. The molecular weight excluding hydrogens is 304 g/mol. The SMILES string of the molecule is O=c1cc(C(F)(F)F)[nH]c(=O)n1-c1ccc(Cl)cc1F. The Morgan fingerprint density at radius 2 is 1.80 bits per heavy atom. The quantitative estimate of drug-likeness (QED) is 0.822. The van der Waals surface area contributed by atoms with Gasteiger partial charge in [-0.2, -0.15) is 13.2 Å². The molecule has 106 valence electrons. The monoisotopic (exact) mass is 308 g/mol. The second-order valence-electron chi connectivity index (χ2n) is 3.76. The van der Waals surface area contributed by atoms with E-state index >= 15 is 0 Å². The lowest BCUT2D eigenvalue weighted by molar-refractivity contribution is -0.141. The highest BCUT2D eigenvalue weighted by Gasteiger charge is 2.33. The average Bonchev–Trinajstić information content (AvgIpc) is 2.29. The molecule has 0 bridgehead atoms. The standard InChI is InChI=1S/C11H5ClF4N2O2/c12-5-1-2-7(6(13)3-5)18-9(19)4-8(11(14,15)16)17-10(18)20/h1-4H,(H,17,20). The number of hydrogen-bond donors (Lipinski definition) is 1. The Labute approximate surface area is 113 Å². The summed E-state index contributed by atoms with van der Waals surface area (Å²) in [6, 6.07) is 3.22. The van der Waals surface area contributed by atoms with Crippen molar-refractivity contribution in [2.45, 2.75) is 6.18 Å². The number of benzene rings is 1. The van der Waals surface area contributed by atoms with E-state index in [1.54, 1.807) is 0 Å². The summed E-state index contributed by atoms with van der Waals surface area (Å²) < 4.78 is 51.1. The van der Waals surface area contributed by atoms with Crippen LogP contribution in [0.25, 0.3) is 5.69 Å².